The molecule has 1 aliphatic rings. The fourth-order valence-electron chi connectivity index (χ4n) is 3.61. The Kier molecular flexibility index (Phi) is 3.68. The third-order valence-electron chi connectivity index (χ3n) is 4.55. The van der Waals surface area contributed by atoms with E-state index in [-0.39, 0.29) is 36.3 Å². The summed E-state index contributed by atoms with van der Waals surface area (Å²) in [5.41, 5.74) is 1.16. The lowest BCUT2D eigenvalue weighted by Gasteiger charge is -2.25. The first kappa shape index (κ1) is 14.1. The number of amides is 1. The van der Waals surface area contributed by atoms with E-state index in [0.717, 1.165) is 5.56 Å². The number of hydrogen-bond donors (Lipinski definition) is 2. The van der Waals surface area contributed by atoms with Crippen LogP contribution in [0, 0.1) is 11.8 Å². The van der Waals surface area contributed by atoms with Crippen LogP contribution >= 0.6 is 0 Å². The second-order valence-electron chi connectivity index (χ2n) is 6.16. The third kappa shape index (κ3) is 2.32. The van der Waals surface area contributed by atoms with Crippen molar-refractivity contribution in [2.24, 2.45) is 11.8 Å². The van der Waals surface area contributed by atoms with Gasteiger partial charge in [-0.2, -0.15) is 0 Å². The fraction of sp³-hybridized carbons (Fsp3) is 0.389. The molecular formula is C18H21NO2. The average molecular weight is 283 g/mol. The van der Waals surface area contributed by atoms with E-state index >= 15 is 0 Å². The van der Waals surface area contributed by atoms with Gasteiger partial charge in [-0.05, 0) is 22.3 Å². The number of carbonyl (C=O) groups excluding carboxylic acids is 1. The van der Waals surface area contributed by atoms with E-state index in [2.05, 4.69) is 43.4 Å². The molecule has 0 spiro atoms. The van der Waals surface area contributed by atoms with Crippen LogP contribution in [0.1, 0.15) is 25.3 Å². The second-order valence-corrected chi connectivity index (χ2v) is 6.16. The van der Waals surface area contributed by atoms with Gasteiger partial charge in [-0.3, -0.25) is 4.79 Å². The molecule has 21 heavy (non-hydrogen) atoms. The lowest BCUT2D eigenvalue weighted by Crippen LogP contribution is -2.31. The zero-order valence-electron chi connectivity index (χ0n) is 12.4. The molecule has 3 atom stereocenters. The van der Waals surface area contributed by atoms with Crippen LogP contribution in [0.5, 0.6) is 0 Å². The minimum absolute atomic E-state index is 0.0219. The van der Waals surface area contributed by atoms with Gasteiger partial charge in [-0.25, -0.2) is 0 Å². The molecular weight excluding hydrogens is 262 g/mol. The van der Waals surface area contributed by atoms with Crippen molar-refractivity contribution in [1.29, 1.82) is 0 Å². The van der Waals surface area contributed by atoms with Crippen molar-refractivity contribution in [3.8, 4) is 0 Å². The standard InChI is InChI=1S/C18H21NO2/c1-11(2)16-17(15(10-20)19-18(16)21)14-9-5-7-12-6-3-4-8-13(12)14/h3-9,11,15-17,20H,10H2,1-2H3,(H,19,21)/t15-,16-,17-/m1/s1. The Bertz CT molecular complexity index is 660. The van der Waals surface area contributed by atoms with Crippen molar-refractivity contribution in [3.05, 3.63) is 48.0 Å². The maximum absolute atomic E-state index is 12.3. The molecule has 3 nitrogen and oxygen atoms in total. The molecule has 1 fully saturated rings. The highest BCUT2D eigenvalue weighted by atomic mass is 16.3. The molecule has 0 aliphatic carbocycles. The Balaban J connectivity index is 2.16. The molecule has 0 unspecified atom stereocenters. The number of aliphatic hydroxyl groups excluding tert-OH is 1. The predicted molar refractivity (Wildman–Crippen MR) is 84.0 cm³/mol. The Morgan fingerprint density at radius 1 is 1.14 bits per heavy atom. The zero-order chi connectivity index (χ0) is 15.0. The maximum Gasteiger partial charge on any atom is 0.224 e. The van der Waals surface area contributed by atoms with E-state index in [0.29, 0.717) is 0 Å². The summed E-state index contributed by atoms with van der Waals surface area (Å²) in [6.45, 7) is 4.12. The molecule has 110 valence electrons. The summed E-state index contributed by atoms with van der Waals surface area (Å²) in [6, 6.07) is 14.2. The first-order chi connectivity index (χ1) is 10.1. The van der Waals surface area contributed by atoms with E-state index in [1.807, 2.05) is 18.2 Å². The summed E-state index contributed by atoms with van der Waals surface area (Å²) in [5.74, 6) is 0.231. The van der Waals surface area contributed by atoms with Crippen molar-refractivity contribution in [2.45, 2.75) is 25.8 Å². The summed E-state index contributed by atoms with van der Waals surface area (Å²) in [4.78, 5) is 12.3. The zero-order valence-corrected chi connectivity index (χ0v) is 12.4. The minimum Gasteiger partial charge on any atom is -0.394 e. The molecule has 3 heteroatoms. The molecule has 3 rings (SSSR count). The van der Waals surface area contributed by atoms with Gasteiger partial charge in [0.05, 0.1) is 12.6 Å². The maximum atomic E-state index is 12.3. The normalized spacial score (nSPS) is 25.5. The van der Waals surface area contributed by atoms with Gasteiger partial charge in [-0.15, -0.1) is 0 Å². The average Bonchev–Trinajstić information content (AvgIpc) is 2.83. The summed E-state index contributed by atoms with van der Waals surface area (Å²) in [5, 5.41) is 15.0. The SMILES string of the molecule is CC(C)[C@H]1C(=O)N[C@H](CO)[C@H]1c1cccc2ccccc12. The largest absolute Gasteiger partial charge is 0.394 e. The monoisotopic (exact) mass is 283 g/mol. The molecule has 0 radical (unpaired) electrons. The van der Waals surface area contributed by atoms with Crippen LogP contribution < -0.4 is 5.32 Å². The first-order valence-corrected chi connectivity index (χ1v) is 7.52. The Morgan fingerprint density at radius 3 is 2.57 bits per heavy atom. The molecule has 2 aromatic carbocycles. The lowest BCUT2D eigenvalue weighted by molar-refractivity contribution is -0.123. The number of aliphatic hydroxyl groups is 1. The van der Waals surface area contributed by atoms with Gasteiger partial charge in [0, 0.05) is 11.8 Å². The highest BCUT2D eigenvalue weighted by molar-refractivity contribution is 5.89. The topological polar surface area (TPSA) is 49.3 Å². The van der Waals surface area contributed by atoms with Crippen LogP contribution in [-0.2, 0) is 4.79 Å². The molecule has 0 saturated carbocycles. The fourth-order valence-corrected chi connectivity index (χ4v) is 3.61. The Labute approximate surface area is 125 Å². The molecule has 1 heterocycles. The van der Waals surface area contributed by atoms with E-state index in [1.54, 1.807) is 0 Å². The van der Waals surface area contributed by atoms with Crippen LogP contribution in [0.4, 0.5) is 0 Å². The number of fused-ring (bicyclic) bond motifs is 1. The van der Waals surface area contributed by atoms with Gasteiger partial charge in [0.25, 0.3) is 0 Å². The van der Waals surface area contributed by atoms with E-state index in [1.165, 1.54) is 10.8 Å². The molecule has 1 saturated heterocycles. The van der Waals surface area contributed by atoms with Gasteiger partial charge >= 0.3 is 0 Å². The van der Waals surface area contributed by atoms with Gasteiger partial charge in [0.2, 0.25) is 5.91 Å². The van der Waals surface area contributed by atoms with Crippen LogP contribution in [-0.4, -0.2) is 23.7 Å². The van der Waals surface area contributed by atoms with Crippen molar-refractivity contribution < 1.29 is 9.90 Å². The molecule has 1 aliphatic heterocycles. The van der Waals surface area contributed by atoms with Crippen molar-refractivity contribution in [1.82, 2.24) is 5.32 Å². The van der Waals surface area contributed by atoms with Gasteiger partial charge in [0.15, 0.2) is 0 Å². The minimum atomic E-state index is -0.198. The molecule has 0 aromatic heterocycles. The Hall–Kier alpha value is -1.87. The molecule has 0 bridgehead atoms. The van der Waals surface area contributed by atoms with E-state index < -0.39 is 0 Å². The second kappa shape index (κ2) is 5.49. The Morgan fingerprint density at radius 2 is 1.86 bits per heavy atom. The number of carbonyl (C=O) groups is 1. The number of benzene rings is 2. The van der Waals surface area contributed by atoms with Gasteiger partial charge in [-0.1, -0.05) is 56.3 Å². The summed E-state index contributed by atoms with van der Waals surface area (Å²) < 4.78 is 0. The highest BCUT2D eigenvalue weighted by Gasteiger charge is 2.44. The summed E-state index contributed by atoms with van der Waals surface area (Å²) >= 11 is 0. The van der Waals surface area contributed by atoms with Gasteiger partial charge in [0.1, 0.15) is 0 Å². The summed E-state index contributed by atoms with van der Waals surface area (Å²) in [7, 11) is 0. The predicted octanol–water partition coefficient (Wildman–Crippen LogP) is 2.69. The number of hydrogen-bond acceptors (Lipinski definition) is 2. The lowest BCUT2D eigenvalue weighted by atomic mass is 9.77. The number of rotatable bonds is 3. The van der Waals surface area contributed by atoms with Crippen LogP contribution in [0.2, 0.25) is 0 Å². The first-order valence-electron chi connectivity index (χ1n) is 7.52. The van der Waals surface area contributed by atoms with E-state index in [4.69, 9.17) is 0 Å². The summed E-state index contributed by atoms with van der Waals surface area (Å²) in [6.07, 6.45) is 0. The van der Waals surface area contributed by atoms with E-state index in [9.17, 15) is 9.90 Å². The van der Waals surface area contributed by atoms with Crippen molar-refractivity contribution >= 4 is 16.7 Å². The quantitative estimate of drug-likeness (QED) is 0.910. The molecule has 2 aromatic rings. The smallest absolute Gasteiger partial charge is 0.224 e. The molecule has 2 N–H and O–H groups in total. The van der Waals surface area contributed by atoms with Crippen LogP contribution in [0.15, 0.2) is 42.5 Å². The van der Waals surface area contributed by atoms with Crippen molar-refractivity contribution in [2.75, 3.05) is 6.61 Å². The third-order valence-corrected chi connectivity index (χ3v) is 4.55. The van der Waals surface area contributed by atoms with Gasteiger partial charge < -0.3 is 10.4 Å². The highest BCUT2D eigenvalue weighted by Crippen LogP contribution is 2.40. The van der Waals surface area contributed by atoms with Crippen LogP contribution in [0.25, 0.3) is 10.8 Å². The number of nitrogens with one attached hydrogen (secondary N) is 1. The van der Waals surface area contributed by atoms with Crippen LogP contribution in [0.3, 0.4) is 0 Å². The van der Waals surface area contributed by atoms with Crippen molar-refractivity contribution in [3.63, 3.8) is 0 Å². The molecule has 1 amide bonds.